The molecule has 13 rings (SSSR count). The van der Waals surface area contributed by atoms with Crippen LogP contribution in [0.2, 0.25) is 0 Å². The largest absolute Gasteiger partial charge is 0.456 e. The third-order valence-corrected chi connectivity index (χ3v) is 16.9. The van der Waals surface area contributed by atoms with Crippen molar-refractivity contribution in [1.82, 2.24) is 9.13 Å². The Kier molecular flexibility index (Phi) is 8.30. The van der Waals surface area contributed by atoms with Crippen molar-refractivity contribution in [2.75, 3.05) is 0 Å². The van der Waals surface area contributed by atoms with Gasteiger partial charge in [0.1, 0.15) is 11.2 Å². The summed E-state index contributed by atoms with van der Waals surface area (Å²) < 4.78 is 11.2. The summed E-state index contributed by atoms with van der Waals surface area (Å²) in [7, 11) is -1.87. The molecule has 0 N–H and O–H groups in total. The van der Waals surface area contributed by atoms with Crippen molar-refractivity contribution < 1.29 is 4.42 Å². The van der Waals surface area contributed by atoms with Gasteiger partial charge in [0.2, 0.25) is 0 Å². The van der Waals surface area contributed by atoms with Crippen molar-refractivity contribution >= 4 is 75.6 Å². The van der Waals surface area contributed by atoms with Gasteiger partial charge in [-0.1, -0.05) is 127 Å². The van der Waals surface area contributed by atoms with E-state index in [2.05, 4.69) is 240 Å². The zero-order valence-corrected chi connectivity index (χ0v) is 35.6. The van der Waals surface area contributed by atoms with E-state index < -0.39 is 10.0 Å². The van der Waals surface area contributed by atoms with Gasteiger partial charge < -0.3 is 13.6 Å². The first-order valence-electron chi connectivity index (χ1n) is 21.8. The average molecular weight is 837 g/mol. The molecule has 3 aromatic heterocycles. The number of rotatable bonds is 7. The molecule has 10 aromatic carbocycles. The molecule has 3 heterocycles. The maximum absolute atomic E-state index is 6.30. The van der Waals surface area contributed by atoms with Crippen LogP contribution in [0.25, 0.3) is 88.1 Å². The van der Waals surface area contributed by atoms with Gasteiger partial charge in [-0.25, -0.2) is 0 Å². The van der Waals surface area contributed by atoms with Gasteiger partial charge in [0.25, 0.3) is 0 Å². The summed E-state index contributed by atoms with van der Waals surface area (Å²) in [6, 6.07) is 88.9. The van der Waals surface area contributed by atoms with Crippen LogP contribution >= 0.6 is 10.0 Å². The lowest BCUT2D eigenvalue weighted by Gasteiger charge is -2.42. The van der Waals surface area contributed by atoms with Crippen LogP contribution in [0.15, 0.2) is 267 Å². The van der Waals surface area contributed by atoms with E-state index in [9.17, 15) is 0 Å². The van der Waals surface area contributed by atoms with Crippen LogP contribution in [0.5, 0.6) is 0 Å². The van der Waals surface area contributed by atoms with Crippen LogP contribution in [0, 0.1) is 0 Å². The Hall–Kier alpha value is -8.05. The Bertz CT molecular complexity index is 3800. The minimum absolute atomic E-state index is 0.907. The van der Waals surface area contributed by atoms with Gasteiger partial charge in [-0.3, -0.25) is 0 Å². The van der Waals surface area contributed by atoms with Crippen LogP contribution in [0.3, 0.4) is 0 Å². The molecule has 302 valence electrons. The molecule has 0 amide bonds. The molecule has 0 saturated carbocycles. The van der Waals surface area contributed by atoms with E-state index in [-0.39, 0.29) is 0 Å². The summed E-state index contributed by atoms with van der Waals surface area (Å²) in [5.74, 6) is 0. The molecule has 0 radical (unpaired) electrons. The summed E-state index contributed by atoms with van der Waals surface area (Å²) in [5.41, 5.74) is 11.1. The van der Waals surface area contributed by atoms with Crippen molar-refractivity contribution in [3.8, 4) is 22.5 Å². The highest BCUT2D eigenvalue weighted by Gasteiger charge is 2.33. The highest BCUT2D eigenvalue weighted by atomic mass is 32.3. The predicted octanol–water partition coefficient (Wildman–Crippen LogP) is 16.8. The first kappa shape index (κ1) is 36.6. The molecule has 0 saturated heterocycles. The van der Waals surface area contributed by atoms with Gasteiger partial charge >= 0.3 is 0 Å². The zero-order chi connectivity index (χ0) is 42.2. The van der Waals surface area contributed by atoms with E-state index in [1.165, 1.54) is 63.2 Å². The number of para-hydroxylation sites is 3. The average Bonchev–Trinajstić information content (AvgIpc) is 4.02. The molecule has 0 aliphatic carbocycles. The van der Waals surface area contributed by atoms with Gasteiger partial charge in [0.15, 0.2) is 0 Å². The number of hydrogen-bond acceptors (Lipinski definition) is 1. The van der Waals surface area contributed by atoms with Gasteiger partial charge in [0.05, 0.1) is 22.1 Å². The molecule has 0 unspecified atom stereocenters. The highest BCUT2D eigenvalue weighted by molar-refractivity contribution is 8.34. The van der Waals surface area contributed by atoms with Gasteiger partial charge in [-0.05, 0) is 126 Å². The number of benzene rings is 10. The number of hydrogen-bond donors (Lipinski definition) is 0. The maximum Gasteiger partial charge on any atom is 0.136 e. The third-order valence-electron chi connectivity index (χ3n) is 13.0. The first-order valence-corrected chi connectivity index (χ1v) is 23.4. The summed E-state index contributed by atoms with van der Waals surface area (Å²) in [6.45, 7) is 0. The summed E-state index contributed by atoms with van der Waals surface area (Å²) in [6.07, 6.45) is 0. The molecule has 0 bridgehead atoms. The molecule has 4 heteroatoms. The normalized spacial score (nSPS) is 12.3. The Morgan fingerprint density at radius 1 is 0.266 bits per heavy atom. The van der Waals surface area contributed by atoms with E-state index in [0.29, 0.717) is 0 Å². The Balaban J connectivity index is 0.983. The molecule has 3 nitrogen and oxygen atoms in total. The van der Waals surface area contributed by atoms with E-state index >= 15 is 0 Å². The quantitative estimate of drug-likeness (QED) is 0.157. The number of furan rings is 1. The lowest BCUT2D eigenvalue weighted by Crippen LogP contribution is -2.06. The van der Waals surface area contributed by atoms with E-state index in [1.807, 2.05) is 12.1 Å². The number of aromatic nitrogens is 2. The Morgan fingerprint density at radius 2 is 0.719 bits per heavy atom. The molecule has 0 spiro atoms. The zero-order valence-electron chi connectivity index (χ0n) is 34.8. The lowest BCUT2D eigenvalue weighted by atomic mass is 10.0. The molecular formula is C60H40N2OS. The summed E-state index contributed by atoms with van der Waals surface area (Å²) in [4.78, 5) is 5.21. The summed E-state index contributed by atoms with van der Waals surface area (Å²) in [5, 5.41) is 7.17. The van der Waals surface area contributed by atoms with E-state index in [1.54, 1.807) is 0 Å². The third kappa shape index (κ3) is 5.49. The minimum Gasteiger partial charge on any atom is -0.456 e. The van der Waals surface area contributed by atoms with Gasteiger partial charge in [-0.15, -0.1) is 10.0 Å². The molecule has 0 aliphatic rings. The van der Waals surface area contributed by atoms with Crippen LogP contribution in [-0.2, 0) is 0 Å². The lowest BCUT2D eigenvalue weighted by molar-refractivity contribution is 0.669. The maximum atomic E-state index is 6.30. The van der Waals surface area contributed by atoms with Crippen molar-refractivity contribution in [3.63, 3.8) is 0 Å². The second-order valence-electron chi connectivity index (χ2n) is 16.5. The Morgan fingerprint density at radius 3 is 1.36 bits per heavy atom. The standard InChI is InChI=1S/C60H40N2OS/c1-4-18-45(19-5-1)64(46-20-6-2-7-21-46,47-22-8-3-9-23-47)48-24-16-17-43(39-48)61-56-29-14-11-26-50(56)54-40-44(33-36-58(54)61)62-55-28-13-10-25-49(55)53-37-41(32-35-57(53)62)42-31-34-52-51-27-12-15-30-59(51)63-60(52)38-42/h1-40H. The van der Waals surface area contributed by atoms with Gasteiger partial charge in [0, 0.05) is 63.3 Å². The molecule has 0 aliphatic heterocycles. The van der Waals surface area contributed by atoms with Crippen LogP contribution in [-0.4, -0.2) is 9.13 Å². The SMILES string of the molecule is c1ccc(S(c2ccccc2)(c2ccccc2)c2cccc(-n3c4ccccc4c4cc(-n5c6ccccc6c6cc(-c7ccc8c(c7)oc7ccccc78)ccc65)ccc43)c2)cc1. The monoisotopic (exact) mass is 836 g/mol. The van der Waals surface area contributed by atoms with E-state index in [4.69, 9.17) is 4.42 Å². The smallest absolute Gasteiger partial charge is 0.136 e. The minimum atomic E-state index is -1.87. The summed E-state index contributed by atoms with van der Waals surface area (Å²) >= 11 is 0. The van der Waals surface area contributed by atoms with Crippen molar-refractivity contribution in [2.45, 2.75) is 19.6 Å². The number of fused-ring (bicyclic) bond motifs is 9. The number of nitrogens with zero attached hydrogens (tertiary/aromatic N) is 2. The van der Waals surface area contributed by atoms with Crippen molar-refractivity contribution in [2.24, 2.45) is 0 Å². The topological polar surface area (TPSA) is 23.0 Å². The second-order valence-corrected chi connectivity index (χ2v) is 19.6. The van der Waals surface area contributed by atoms with Crippen molar-refractivity contribution in [1.29, 1.82) is 0 Å². The van der Waals surface area contributed by atoms with Gasteiger partial charge in [-0.2, -0.15) is 0 Å². The Labute approximate surface area is 372 Å². The van der Waals surface area contributed by atoms with Crippen LogP contribution in [0.1, 0.15) is 0 Å². The molecule has 13 aromatic rings. The highest BCUT2D eigenvalue weighted by Crippen LogP contribution is 2.73. The fourth-order valence-electron chi connectivity index (χ4n) is 10.2. The molecule has 64 heavy (non-hydrogen) atoms. The van der Waals surface area contributed by atoms with Crippen molar-refractivity contribution in [3.05, 3.63) is 243 Å². The van der Waals surface area contributed by atoms with Crippen LogP contribution < -0.4 is 0 Å². The fourth-order valence-corrected chi connectivity index (χ4v) is 14.1. The van der Waals surface area contributed by atoms with Crippen LogP contribution in [0.4, 0.5) is 0 Å². The second kappa shape index (κ2) is 14.5. The van der Waals surface area contributed by atoms with E-state index in [0.717, 1.165) is 44.4 Å². The fraction of sp³-hybridized carbons (Fsp3) is 0. The first-order chi connectivity index (χ1) is 31.7. The predicted molar refractivity (Wildman–Crippen MR) is 268 cm³/mol. The molecular weight excluding hydrogens is 797 g/mol. The molecule has 0 fully saturated rings. The molecule has 0 atom stereocenters.